The van der Waals surface area contributed by atoms with Crippen LogP contribution in [-0.2, 0) is 4.74 Å². The first-order valence-corrected chi connectivity index (χ1v) is 3.42. The molecule has 1 aliphatic heterocycles. The van der Waals surface area contributed by atoms with Crippen LogP contribution < -0.4 is 0 Å². The molecule has 0 aliphatic carbocycles. The highest BCUT2D eigenvalue weighted by Crippen LogP contribution is 2.45. The lowest BCUT2D eigenvalue weighted by atomic mass is 9.96. The van der Waals surface area contributed by atoms with E-state index in [2.05, 4.69) is 4.74 Å². The number of aliphatic hydroxyl groups excluding tert-OH is 1. The number of ether oxygens (including phenoxy) is 1. The minimum atomic E-state index is -4.45. The number of aliphatic hydroxyl groups is 1. The molecule has 0 aromatic carbocycles. The molecule has 1 N–H and O–H groups in total. The van der Waals surface area contributed by atoms with Gasteiger partial charge < -0.3 is 9.84 Å². The summed E-state index contributed by atoms with van der Waals surface area (Å²) in [5.41, 5.74) is 0. The van der Waals surface area contributed by atoms with Gasteiger partial charge in [0, 0.05) is 0 Å². The maximum atomic E-state index is 12.6. The van der Waals surface area contributed by atoms with Crippen molar-refractivity contribution in [2.24, 2.45) is 5.92 Å². The van der Waals surface area contributed by atoms with Crippen molar-refractivity contribution in [3.05, 3.63) is 0 Å². The average Bonchev–Trinajstić information content (AvgIpc) is 1.95. The summed E-state index contributed by atoms with van der Waals surface area (Å²) >= 11 is 0. The van der Waals surface area contributed by atoms with Gasteiger partial charge in [-0.15, -0.1) is 0 Å². The molecule has 0 radical (unpaired) electrons. The quantitative estimate of drug-likeness (QED) is 0.627. The molecule has 0 bridgehead atoms. The van der Waals surface area contributed by atoms with Gasteiger partial charge in [0.25, 0.3) is 0 Å². The fourth-order valence-corrected chi connectivity index (χ4v) is 1.05. The summed E-state index contributed by atoms with van der Waals surface area (Å²) in [6.07, 6.45) is -4.70. The lowest BCUT2D eigenvalue weighted by Crippen LogP contribution is -2.53. The Bertz CT molecular complexity index is 171. The molecule has 12 heavy (non-hydrogen) atoms. The van der Waals surface area contributed by atoms with Gasteiger partial charge in [0.2, 0.25) is 0 Å². The summed E-state index contributed by atoms with van der Waals surface area (Å²) in [7, 11) is 0. The number of hydrogen-bond acceptors (Lipinski definition) is 2. The first-order chi connectivity index (χ1) is 5.42. The molecule has 0 amide bonds. The Balaban J connectivity index is 2.82. The van der Waals surface area contributed by atoms with Crippen molar-refractivity contribution < 1.29 is 27.4 Å². The van der Waals surface area contributed by atoms with Gasteiger partial charge in [-0.25, -0.2) is 0 Å². The van der Waals surface area contributed by atoms with Gasteiger partial charge in [0.1, 0.15) is 0 Å². The van der Waals surface area contributed by atoms with E-state index >= 15 is 0 Å². The van der Waals surface area contributed by atoms with Crippen LogP contribution in [0.5, 0.6) is 0 Å². The second-order valence-corrected chi connectivity index (χ2v) is 2.66. The Morgan fingerprint density at radius 3 is 2.33 bits per heavy atom. The van der Waals surface area contributed by atoms with E-state index in [0.29, 0.717) is 0 Å². The highest BCUT2D eigenvalue weighted by molar-refractivity contribution is 4.87. The van der Waals surface area contributed by atoms with Crippen molar-refractivity contribution in [1.82, 2.24) is 0 Å². The van der Waals surface area contributed by atoms with Crippen LogP contribution in [0.4, 0.5) is 17.6 Å². The number of halogens is 4. The van der Waals surface area contributed by atoms with Crippen molar-refractivity contribution in [3.63, 3.8) is 0 Å². The van der Waals surface area contributed by atoms with E-state index in [1.807, 2.05) is 0 Å². The van der Waals surface area contributed by atoms with E-state index in [1.54, 1.807) is 0 Å². The summed E-state index contributed by atoms with van der Waals surface area (Å²) in [4.78, 5) is 0. The van der Waals surface area contributed by atoms with Crippen LogP contribution in [0, 0.1) is 5.92 Å². The zero-order valence-electron chi connectivity index (χ0n) is 6.07. The largest absolute Gasteiger partial charge is 0.419 e. The van der Waals surface area contributed by atoms with Crippen molar-refractivity contribution in [2.45, 2.75) is 18.5 Å². The maximum absolute atomic E-state index is 12.6. The summed E-state index contributed by atoms with van der Waals surface area (Å²) in [5, 5.41) is 8.39. The predicted octanol–water partition coefficient (Wildman–Crippen LogP) is 1.24. The van der Waals surface area contributed by atoms with E-state index in [1.165, 1.54) is 0 Å². The molecule has 2 nitrogen and oxygen atoms in total. The van der Waals surface area contributed by atoms with Crippen LogP contribution in [0.25, 0.3) is 0 Å². The van der Waals surface area contributed by atoms with Crippen molar-refractivity contribution in [3.8, 4) is 0 Å². The Morgan fingerprint density at radius 1 is 1.33 bits per heavy atom. The minimum absolute atomic E-state index is 0.251. The average molecular weight is 188 g/mol. The van der Waals surface area contributed by atoms with Gasteiger partial charge in [-0.05, 0) is 6.42 Å². The van der Waals surface area contributed by atoms with E-state index < -0.39 is 31.2 Å². The smallest absolute Gasteiger partial charge is 0.396 e. The Kier molecular flexibility index (Phi) is 2.31. The van der Waals surface area contributed by atoms with E-state index in [4.69, 9.17) is 5.11 Å². The monoisotopic (exact) mass is 188 g/mol. The third kappa shape index (κ3) is 1.29. The van der Waals surface area contributed by atoms with Crippen LogP contribution in [0.3, 0.4) is 0 Å². The van der Waals surface area contributed by atoms with Gasteiger partial charge in [0.05, 0.1) is 19.1 Å². The second-order valence-electron chi connectivity index (χ2n) is 2.66. The molecule has 1 fully saturated rings. The number of alkyl halides is 4. The van der Waals surface area contributed by atoms with Crippen LogP contribution in [-0.4, -0.2) is 30.4 Å². The topological polar surface area (TPSA) is 29.5 Å². The Labute approximate surface area is 66.1 Å². The molecule has 1 rings (SSSR count). The number of rotatable bonds is 1. The summed E-state index contributed by atoms with van der Waals surface area (Å²) in [6, 6.07) is 0. The second kappa shape index (κ2) is 2.85. The highest BCUT2D eigenvalue weighted by Gasteiger charge is 2.64. The van der Waals surface area contributed by atoms with E-state index in [0.717, 1.165) is 0 Å². The highest BCUT2D eigenvalue weighted by atomic mass is 19.3. The molecular weight excluding hydrogens is 180 g/mol. The molecule has 0 saturated carbocycles. The molecular formula is C6H8F4O2. The minimum Gasteiger partial charge on any atom is -0.396 e. The molecule has 1 unspecified atom stereocenters. The summed E-state index contributed by atoms with van der Waals surface area (Å²) in [6.45, 7) is -1.40. The molecule has 0 aromatic heterocycles. The van der Waals surface area contributed by atoms with Gasteiger partial charge in [-0.1, -0.05) is 0 Å². The van der Waals surface area contributed by atoms with Gasteiger partial charge in [0.15, 0.2) is 0 Å². The van der Waals surface area contributed by atoms with Crippen molar-refractivity contribution in [1.29, 1.82) is 0 Å². The maximum Gasteiger partial charge on any atom is 0.419 e. The van der Waals surface area contributed by atoms with Gasteiger partial charge in [-0.2, -0.15) is 17.6 Å². The lowest BCUT2D eigenvalue weighted by Gasteiger charge is -2.35. The zero-order valence-corrected chi connectivity index (χ0v) is 6.07. The molecule has 72 valence electrons. The normalized spacial score (nSPS) is 33.2. The molecule has 0 aromatic rings. The summed E-state index contributed by atoms with van der Waals surface area (Å²) < 4.78 is 53.5. The van der Waals surface area contributed by atoms with Gasteiger partial charge in [-0.3, -0.25) is 0 Å². The molecule has 1 saturated heterocycles. The van der Waals surface area contributed by atoms with Crippen LogP contribution in [0.1, 0.15) is 6.42 Å². The van der Waals surface area contributed by atoms with Crippen molar-refractivity contribution >= 4 is 0 Å². The summed E-state index contributed by atoms with van der Waals surface area (Å²) in [5.74, 6) is -5.97. The third-order valence-electron chi connectivity index (χ3n) is 1.87. The predicted molar refractivity (Wildman–Crippen MR) is 31.0 cm³/mol. The molecule has 1 aliphatic rings. The molecule has 0 spiro atoms. The fraction of sp³-hybridized carbons (Fsp3) is 1.00. The van der Waals surface area contributed by atoms with Crippen molar-refractivity contribution in [2.75, 3.05) is 13.2 Å². The van der Waals surface area contributed by atoms with Crippen LogP contribution >= 0.6 is 0 Å². The first-order valence-electron chi connectivity index (χ1n) is 3.42. The Hall–Kier alpha value is -0.360. The SMILES string of the molecule is OCC1CCOC(F)(F)C1(F)F. The molecule has 1 atom stereocenters. The van der Waals surface area contributed by atoms with E-state index in [-0.39, 0.29) is 6.42 Å². The fourth-order valence-electron chi connectivity index (χ4n) is 1.05. The lowest BCUT2D eigenvalue weighted by molar-refractivity contribution is -0.385. The first kappa shape index (κ1) is 9.73. The van der Waals surface area contributed by atoms with Crippen LogP contribution in [0.2, 0.25) is 0 Å². The Morgan fingerprint density at radius 2 is 1.92 bits per heavy atom. The molecule has 6 heteroatoms. The number of hydrogen-bond donors (Lipinski definition) is 1. The zero-order chi connectivity index (χ0) is 9.41. The molecule has 1 heterocycles. The third-order valence-corrected chi connectivity index (χ3v) is 1.87. The van der Waals surface area contributed by atoms with Gasteiger partial charge >= 0.3 is 12.0 Å². The standard InChI is InChI=1S/C6H8F4O2/c7-5(8)4(3-11)1-2-12-6(5,9)10/h4,11H,1-3H2. The van der Waals surface area contributed by atoms with Crippen LogP contribution in [0.15, 0.2) is 0 Å². The van der Waals surface area contributed by atoms with E-state index in [9.17, 15) is 17.6 Å².